The molecule has 34 heavy (non-hydrogen) atoms. The number of piperazine rings is 1. The molecule has 0 aliphatic carbocycles. The van der Waals surface area contributed by atoms with E-state index in [1.807, 2.05) is 16.5 Å². The predicted molar refractivity (Wildman–Crippen MR) is 125 cm³/mol. The summed E-state index contributed by atoms with van der Waals surface area (Å²) in [6, 6.07) is 3.10. The van der Waals surface area contributed by atoms with E-state index < -0.39 is 11.6 Å². The first-order valence-corrected chi connectivity index (χ1v) is 11.2. The summed E-state index contributed by atoms with van der Waals surface area (Å²) in [6.45, 7) is 7.55. The molecule has 0 saturated carbocycles. The highest BCUT2D eigenvalue weighted by Crippen LogP contribution is 2.30. The molecular weight excluding hydrogens is 442 g/mol. The lowest BCUT2D eigenvalue weighted by Crippen LogP contribution is -2.44. The number of hydrogen-bond donors (Lipinski definition) is 1. The number of fused-ring (bicyclic) bond motifs is 1. The van der Waals surface area contributed by atoms with Crippen molar-refractivity contribution in [2.24, 2.45) is 0 Å². The molecule has 1 aromatic carbocycles. The molecule has 1 unspecified atom stereocenters. The van der Waals surface area contributed by atoms with Gasteiger partial charge in [0, 0.05) is 39.3 Å². The van der Waals surface area contributed by atoms with Gasteiger partial charge in [-0.05, 0) is 31.7 Å². The molecule has 4 heterocycles. The zero-order chi connectivity index (χ0) is 23.8. The number of hydrogen-bond acceptors (Lipinski definition) is 7. The predicted octanol–water partition coefficient (Wildman–Crippen LogP) is 2.56. The number of anilines is 3. The van der Waals surface area contributed by atoms with Crippen molar-refractivity contribution in [1.29, 1.82) is 0 Å². The molecular formula is C23H26F2N8O. The largest absolute Gasteiger partial charge is 0.367 e. The molecule has 1 atom stereocenters. The topological polar surface area (TPSA) is 82.4 Å². The van der Waals surface area contributed by atoms with Crippen LogP contribution in [-0.2, 0) is 4.79 Å². The highest BCUT2D eigenvalue weighted by molar-refractivity contribution is 5.87. The quantitative estimate of drug-likeness (QED) is 0.577. The first-order valence-electron chi connectivity index (χ1n) is 11.2. The van der Waals surface area contributed by atoms with Crippen molar-refractivity contribution in [2.45, 2.75) is 12.5 Å². The van der Waals surface area contributed by atoms with E-state index in [1.165, 1.54) is 18.3 Å². The molecule has 11 heteroatoms. The third kappa shape index (κ3) is 4.07. The van der Waals surface area contributed by atoms with Crippen LogP contribution in [0.25, 0.3) is 11.2 Å². The Morgan fingerprint density at radius 2 is 1.94 bits per heavy atom. The molecule has 1 amide bonds. The number of aromatic nitrogens is 4. The zero-order valence-corrected chi connectivity index (χ0v) is 18.9. The second kappa shape index (κ2) is 8.98. The van der Waals surface area contributed by atoms with Gasteiger partial charge in [-0.15, -0.1) is 0 Å². The van der Waals surface area contributed by atoms with Crippen LogP contribution in [0.15, 0.2) is 37.3 Å². The van der Waals surface area contributed by atoms with E-state index >= 15 is 0 Å². The molecule has 178 valence electrons. The third-order valence-corrected chi connectivity index (χ3v) is 6.51. The average molecular weight is 469 g/mol. The molecule has 2 aliphatic heterocycles. The van der Waals surface area contributed by atoms with Gasteiger partial charge in [-0.3, -0.25) is 4.79 Å². The van der Waals surface area contributed by atoms with Crippen LogP contribution in [0.3, 0.4) is 0 Å². The van der Waals surface area contributed by atoms with Gasteiger partial charge in [-0.25, -0.2) is 18.7 Å². The summed E-state index contributed by atoms with van der Waals surface area (Å²) in [4.78, 5) is 30.7. The van der Waals surface area contributed by atoms with Crippen molar-refractivity contribution in [1.82, 2.24) is 29.3 Å². The van der Waals surface area contributed by atoms with Gasteiger partial charge in [0.15, 0.2) is 17.3 Å². The number of benzene rings is 1. The maximum absolute atomic E-state index is 14.9. The molecule has 2 fully saturated rings. The molecule has 1 N–H and O–H groups in total. The van der Waals surface area contributed by atoms with Crippen molar-refractivity contribution < 1.29 is 13.6 Å². The minimum atomic E-state index is -0.969. The molecule has 0 radical (unpaired) electrons. The highest BCUT2D eigenvalue weighted by atomic mass is 19.2. The number of likely N-dealkylation sites (N-methyl/N-ethyl adjacent to an activating group) is 1. The van der Waals surface area contributed by atoms with Crippen molar-refractivity contribution in [3.63, 3.8) is 0 Å². The second-order valence-corrected chi connectivity index (χ2v) is 8.66. The smallest absolute Gasteiger partial charge is 0.246 e. The summed E-state index contributed by atoms with van der Waals surface area (Å²) in [7, 11) is 2.01. The Kier molecular flexibility index (Phi) is 5.86. The van der Waals surface area contributed by atoms with Crippen LogP contribution in [0.4, 0.5) is 26.1 Å². The Morgan fingerprint density at radius 1 is 1.15 bits per heavy atom. The zero-order valence-electron chi connectivity index (χ0n) is 18.9. The van der Waals surface area contributed by atoms with Crippen LogP contribution in [0.1, 0.15) is 12.5 Å². The number of rotatable bonds is 5. The van der Waals surface area contributed by atoms with Gasteiger partial charge >= 0.3 is 0 Å². The van der Waals surface area contributed by atoms with Crippen LogP contribution in [0, 0.1) is 11.6 Å². The average Bonchev–Trinajstić information content (AvgIpc) is 3.49. The summed E-state index contributed by atoms with van der Waals surface area (Å²) < 4.78 is 31.7. The molecule has 2 aliphatic rings. The first kappa shape index (κ1) is 22.2. The van der Waals surface area contributed by atoms with E-state index in [0.29, 0.717) is 37.3 Å². The van der Waals surface area contributed by atoms with Crippen molar-refractivity contribution >= 4 is 34.4 Å². The van der Waals surface area contributed by atoms with Crippen LogP contribution >= 0.6 is 0 Å². The number of amides is 1. The first-order chi connectivity index (χ1) is 16.4. The van der Waals surface area contributed by atoms with E-state index in [4.69, 9.17) is 0 Å². The SMILES string of the molecule is C=CC(=O)N1CCC(n2cnc3cnc(Nc4ccc(N5CCN(C)CC5)c(F)c4F)nc32)C1. The Balaban J connectivity index is 1.37. The number of carbonyl (C=O) groups is 1. The Morgan fingerprint density at radius 3 is 2.71 bits per heavy atom. The van der Waals surface area contributed by atoms with E-state index in [2.05, 4.69) is 31.7 Å². The summed E-state index contributed by atoms with van der Waals surface area (Å²) in [6.07, 6.45) is 5.27. The number of likely N-dealkylation sites (tertiary alicyclic amines) is 1. The van der Waals surface area contributed by atoms with Crippen molar-refractivity contribution in [2.75, 3.05) is 56.5 Å². The second-order valence-electron chi connectivity index (χ2n) is 8.66. The maximum atomic E-state index is 14.9. The fraction of sp³-hybridized carbons (Fsp3) is 0.391. The lowest BCUT2D eigenvalue weighted by Gasteiger charge is -2.34. The van der Waals surface area contributed by atoms with Gasteiger partial charge in [0.05, 0.1) is 29.9 Å². The maximum Gasteiger partial charge on any atom is 0.246 e. The van der Waals surface area contributed by atoms with Crippen molar-refractivity contribution in [3.8, 4) is 0 Å². The third-order valence-electron chi connectivity index (χ3n) is 6.51. The van der Waals surface area contributed by atoms with Crippen LogP contribution in [0.2, 0.25) is 0 Å². The molecule has 2 aromatic heterocycles. The van der Waals surface area contributed by atoms with Gasteiger partial charge < -0.3 is 24.6 Å². The van der Waals surface area contributed by atoms with E-state index in [-0.39, 0.29) is 29.3 Å². The lowest BCUT2D eigenvalue weighted by molar-refractivity contribution is -0.125. The Labute approximate surface area is 195 Å². The molecule has 0 bridgehead atoms. The minimum Gasteiger partial charge on any atom is -0.367 e. The minimum absolute atomic E-state index is 0.00806. The molecule has 9 nitrogen and oxygen atoms in total. The normalized spacial score (nSPS) is 19.1. The molecule has 5 rings (SSSR count). The summed E-state index contributed by atoms with van der Waals surface area (Å²) in [5.41, 5.74) is 1.36. The van der Waals surface area contributed by atoms with Gasteiger partial charge in [0.2, 0.25) is 11.9 Å². The van der Waals surface area contributed by atoms with Gasteiger partial charge in [0.25, 0.3) is 0 Å². The van der Waals surface area contributed by atoms with E-state index in [1.54, 1.807) is 17.3 Å². The number of nitrogens with one attached hydrogen (secondary N) is 1. The van der Waals surface area contributed by atoms with Crippen molar-refractivity contribution in [3.05, 3.63) is 48.9 Å². The van der Waals surface area contributed by atoms with E-state index in [0.717, 1.165) is 19.5 Å². The van der Waals surface area contributed by atoms with Gasteiger partial charge in [0.1, 0.15) is 5.52 Å². The highest BCUT2D eigenvalue weighted by Gasteiger charge is 2.28. The molecule has 0 spiro atoms. The standard InChI is InChI=1S/C23H26F2N8O/c1-3-19(34)32-7-6-15(13-32)33-14-27-17-12-26-23(29-22(17)33)28-16-4-5-18(21(25)20(16)24)31-10-8-30(2)9-11-31/h3-5,12,14-15H,1,6-11,13H2,2H3,(H,26,28,29). The van der Waals surface area contributed by atoms with Gasteiger partial charge in [-0.1, -0.05) is 6.58 Å². The number of nitrogens with zero attached hydrogens (tertiary/aromatic N) is 7. The lowest BCUT2D eigenvalue weighted by atomic mass is 10.2. The summed E-state index contributed by atoms with van der Waals surface area (Å²) >= 11 is 0. The Bertz CT molecular complexity index is 1240. The fourth-order valence-corrected chi connectivity index (χ4v) is 4.50. The monoisotopic (exact) mass is 468 g/mol. The Hall–Kier alpha value is -3.60. The molecule has 2 saturated heterocycles. The van der Waals surface area contributed by atoms with Gasteiger partial charge in [-0.2, -0.15) is 4.98 Å². The number of carbonyl (C=O) groups excluding carboxylic acids is 1. The summed E-state index contributed by atoms with van der Waals surface area (Å²) in [5.74, 6) is -1.83. The molecule has 3 aromatic rings. The van der Waals surface area contributed by atoms with E-state index in [9.17, 15) is 13.6 Å². The summed E-state index contributed by atoms with van der Waals surface area (Å²) in [5, 5.41) is 2.80. The van der Waals surface area contributed by atoms with Crippen LogP contribution in [-0.4, -0.2) is 81.5 Å². The number of halogens is 2. The van der Waals surface area contributed by atoms with Crippen LogP contribution < -0.4 is 10.2 Å². The number of imidazole rings is 1. The van der Waals surface area contributed by atoms with Crippen LogP contribution in [0.5, 0.6) is 0 Å². The fourth-order valence-electron chi connectivity index (χ4n) is 4.50.